The molecule has 0 saturated heterocycles. The molecule has 2 N–H and O–H groups in total. The molecule has 2 aromatic carbocycles. The molecule has 0 heterocycles. The number of benzene rings is 2. The van der Waals surface area contributed by atoms with E-state index in [9.17, 15) is 10.2 Å². The van der Waals surface area contributed by atoms with Gasteiger partial charge in [0.15, 0.2) is 0 Å². The average Bonchev–Trinajstić information content (AvgIpc) is 2.07. The molecule has 2 rings (SSSR count). The first-order chi connectivity index (χ1) is 5.79. The van der Waals surface area contributed by atoms with Crippen molar-refractivity contribution in [3.63, 3.8) is 0 Å². The molecule has 0 aliphatic rings. The van der Waals surface area contributed by atoms with Crippen LogP contribution in [-0.4, -0.2) is 10.2 Å². The van der Waals surface area contributed by atoms with E-state index >= 15 is 0 Å². The van der Waals surface area contributed by atoms with Crippen LogP contribution in [0, 0.1) is 6.07 Å². The van der Waals surface area contributed by atoms with Crippen molar-refractivity contribution < 1.29 is 10.2 Å². The molecule has 12 heavy (non-hydrogen) atoms. The highest BCUT2D eigenvalue weighted by Gasteiger charge is 2.01. The van der Waals surface area contributed by atoms with E-state index in [0.29, 0.717) is 10.8 Å². The highest BCUT2D eigenvalue weighted by Crippen LogP contribution is 2.29. The van der Waals surface area contributed by atoms with E-state index in [1.165, 1.54) is 0 Å². The standard InChI is InChI=1S/C10H7O2/c11-9-5-1-3-7-8(9)4-2-6-10(7)12/h1-5,11-12H. The Kier molecular flexibility index (Phi) is 1.40. The maximum absolute atomic E-state index is 9.37. The van der Waals surface area contributed by atoms with E-state index in [2.05, 4.69) is 6.07 Å². The molecule has 1 radical (unpaired) electrons. The molecule has 0 saturated carbocycles. The predicted octanol–water partition coefficient (Wildman–Crippen LogP) is 2.05. The van der Waals surface area contributed by atoms with Crippen molar-refractivity contribution in [3.05, 3.63) is 36.4 Å². The number of fused-ring (bicyclic) bond motifs is 1. The van der Waals surface area contributed by atoms with Gasteiger partial charge >= 0.3 is 0 Å². The maximum Gasteiger partial charge on any atom is 0.131 e. The van der Waals surface area contributed by atoms with Crippen LogP contribution in [0.1, 0.15) is 0 Å². The summed E-state index contributed by atoms with van der Waals surface area (Å²) in [6.07, 6.45) is 0. The summed E-state index contributed by atoms with van der Waals surface area (Å²) < 4.78 is 0. The Balaban J connectivity index is 2.94. The van der Waals surface area contributed by atoms with E-state index in [1.807, 2.05) is 0 Å². The second-order valence-electron chi connectivity index (χ2n) is 2.56. The fraction of sp³-hybridized carbons (Fsp3) is 0. The maximum atomic E-state index is 9.37. The van der Waals surface area contributed by atoms with Crippen LogP contribution in [0.5, 0.6) is 11.5 Å². The van der Waals surface area contributed by atoms with Crippen molar-refractivity contribution >= 4 is 10.8 Å². The Morgan fingerprint density at radius 3 is 2.58 bits per heavy atom. The van der Waals surface area contributed by atoms with Gasteiger partial charge in [0.25, 0.3) is 0 Å². The number of rotatable bonds is 0. The van der Waals surface area contributed by atoms with E-state index in [-0.39, 0.29) is 11.5 Å². The molecular formula is C10H7O2. The summed E-state index contributed by atoms with van der Waals surface area (Å²) in [7, 11) is 0. The van der Waals surface area contributed by atoms with Crippen LogP contribution in [0.2, 0.25) is 0 Å². The summed E-state index contributed by atoms with van der Waals surface area (Å²) in [5.74, 6) is 0.250. The number of hydrogen-bond acceptors (Lipinski definition) is 2. The first-order valence-corrected chi connectivity index (χ1v) is 3.60. The van der Waals surface area contributed by atoms with Crippen molar-refractivity contribution in [2.45, 2.75) is 0 Å². The molecule has 0 aliphatic carbocycles. The lowest BCUT2D eigenvalue weighted by Gasteiger charge is -2.00. The van der Waals surface area contributed by atoms with Gasteiger partial charge in [-0.15, -0.1) is 0 Å². The lowest BCUT2D eigenvalue weighted by atomic mass is 10.1. The molecule has 0 aliphatic heterocycles. The Morgan fingerprint density at radius 2 is 1.83 bits per heavy atom. The van der Waals surface area contributed by atoms with Crippen LogP contribution in [-0.2, 0) is 0 Å². The van der Waals surface area contributed by atoms with E-state index in [1.54, 1.807) is 30.3 Å². The first-order valence-electron chi connectivity index (χ1n) is 3.60. The summed E-state index contributed by atoms with van der Waals surface area (Å²) in [6.45, 7) is 0. The van der Waals surface area contributed by atoms with Crippen LogP contribution in [0.25, 0.3) is 10.8 Å². The van der Waals surface area contributed by atoms with Gasteiger partial charge in [0.05, 0.1) is 0 Å². The number of hydrogen-bond donors (Lipinski definition) is 2. The van der Waals surface area contributed by atoms with Crippen LogP contribution in [0.4, 0.5) is 0 Å². The molecule has 2 nitrogen and oxygen atoms in total. The molecule has 2 heteroatoms. The van der Waals surface area contributed by atoms with Gasteiger partial charge in [0.1, 0.15) is 11.5 Å². The van der Waals surface area contributed by atoms with Crippen molar-refractivity contribution in [2.24, 2.45) is 0 Å². The third-order valence-corrected chi connectivity index (χ3v) is 1.81. The molecule has 59 valence electrons. The van der Waals surface area contributed by atoms with Gasteiger partial charge in [-0.25, -0.2) is 0 Å². The quantitative estimate of drug-likeness (QED) is 0.617. The predicted molar refractivity (Wildman–Crippen MR) is 46.1 cm³/mol. The van der Waals surface area contributed by atoms with Gasteiger partial charge in [0, 0.05) is 16.8 Å². The van der Waals surface area contributed by atoms with Crippen molar-refractivity contribution in [2.75, 3.05) is 0 Å². The third kappa shape index (κ3) is 0.889. The summed E-state index contributed by atoms with van der Waals surface area (Å²) in [5.41, 5.74) is 0. The van der Waals surface area contributed by atoms with Crippen molar-refractivity contribution in [3.8, 4) is 11.5 Å². The zero-order chi connectivity index (χ0) is 8.55. The minimum Gasteiger partial charge on any atom is -0.507 e. The third-order valence-electron chi connectivity index (χ3n) is 1.81. The molecule has 2 aromatic rings. The molecule has 0 bridgehead atoms. The summed E-state index contributed by atoms with van der Waals surface area (Å²) in [6, 6.07) is 10.9. The van der Waals surface area contributed by atoms with E-state index in [4.69, 9.17) is 0 Å². The molecular weight excluding hydrogens is 152 g/mol. The first kappa shape index (κ1) is 6.98. The lowest BCUT2D eigenvalue weighted by molar-refractivity contribution is 0.475. The van der Waals surface area contributed by atoms with Crippen molar-refractivity contribution in [1.29, 1.82) is 0 Å². The SMILES string of the molecule is Oc1[c]ccc2c(O)cccc12. The smallest absolute Gasteiger partial charge is 0.131 e. The number of aromatic hydroxyl groups is 2. The molecule has 0 amide bonds. The van der Waals surface area contributed by atoms with Crippen molar-refractivity contribution in [1.82, 2.24) is 0 Å². The molecule has 0 fully saturated rings. The van der Waals surface area contributed by atoms with Gasteiger partial charge in [-0.2, -0.15) is 0 Å². The highest BCUT2D eigenvalue weighted by molar-refractivity contribution is 5.92. The number of phenols is 2. The fourth-order valence-corrected chi connectivity index (χ4v) is 1.22. The van der Waals surface area contributed by atoms with Crippen LogP contribution >= 0.6 is 0 Å². The monoisotopic (exact) mass is 159 g/mol. The second-order valence-corrected chi connectivity index (χ2v) is 2.56. The minimum absolute atomic E-state index is 0.0726. The Hall–Kier alpha value is -1.70. The van der Waals surface area contributed by atoms with Gasteiger partial charge in [-0.1, -0.05) is 12.1 Å². The summed E-state index contributed by atoms with van der Waals surface area (Å²) in [5, 5.41) is 20.0. The second kappa shape index (κ2) is 2.41. The fourth-order valence-electron chi connectivity index (χ4n) is 1.22. The van der Waals surface area contributed by atoms with Crippen LogP contribution in [0.3, 0.4) is 0 Å². The molecule has 0 unspecified atom stereocenters. The topological polar surface area (TPSA) is 40.5 Å². The largest absolute Gasteiger partial charge is 0.507 e. The van der Waals surface area contributed by atoms with E-state index < -0.39 is 0 Å². The zero-order valence-electron chi connectivity index (χ0n) is 6.28. The minimum atomic E-state index is 0.0726. The molecule has 0 spiro atoms. The van der Waals surface area contributed by atoms with Crippen LogP contribution in [0.15, 0.2) is 30.3 Å². The van der Waals surface area contributed by atoms with Gasteiger partial charge < -0.3 is 10.2 Å². The zero-order valence-corrected chi connectivity index (χ0v) is 6.28. The molecule has 0 aromatic heterocycles. The van der Waals surface area contributed by atoms with E-state index in [0.717, 1.165) is 0 Å². The Bertz CT molecular complexity index is 380. The summed E-state index contributed by atoms with van der Waals surface area (Å²) in [4.78, 5) is 0. The van der Waals surface area contributed by atoms with Gasteiger partial charge in [-0.3, -0.25) is 0 Å². The Morgan fingerprint density at radius 1 is 1.00 bits per heavy atom. The average molecular weight is 159 g/mol. The summed E-state index contributed by atoms with van der Waals surface area (Å²) >= 11 is 0. The highest BCUT2D eigenvalue weighted by atomic mass is 16.3. The molecule has 0 atom stereocenters. The lowest BCUT2D eigenvalue weighted by Crippen LogP contribution is -1.74. The van der Waals surface area contributed by atoms with Gasteiger partial charge in [0.2, 0.25) is 0 Å². The number of phenolic OH excluding ortho intramolecular Hbond substituents is 2. The Labute approximate surface area is 69.7 Å². The normalized spacial score (nSPS) is 10.3. The van der Waals surface area contributed by atoms with Gasteiger partial charge in [-0.05, 0) is 18.2 Å². The van der Waals surface area contributed by atoms with Crippen LogP contribution < -0.4 is 0 Å².